The van der Waals surface area contributed by atoms with Crippen LogP contribution in [0.25, 0.3) is 0 Å². The Labute approximate surface area is 55.2 Å². The maximum atomic E-state index is 3.46. The SMILES string of the molecule is C1CNC2CNCC2N1. The smallest absolute Gasteiger partial charge is 0.0359 e. The third-order valence-corrected chi connectivity index (χ3v) is 2.15. The van der Waals surface area contributed by atoms with Gasteiger partial charge in [-0.25, -0.2) is 0 Å². The van der Waals surface area contributed by atoms with Crippen LogP contribution < -0.4 is 16.0 Å². The van der Waals surface area contributed by atoms with Gasteiger partial charge in [-0.15, -0.1) is 0 Å². The lowest BCUT2D eigenvalue weighted by atomic mass is 10.1. The van der Waals surface area contributed by atoms with E-state index in [1.807, 2.05) is 0 Å². The number of piperazine rings is 1. The molecule has 0 bridgehead atoms. The average Bonchev–Trinajstić information content (AvgIpc) is 2.33. The molecule has 0 aliphatic carbocycles. The Morgan fingerprint density at radius 2 is 1.44 bits per heavy atom. The van der Waals surface area contributed by atoms with Crippen LogP contribution in [-0.2, 0) is 0 Å². The first-order valence-corrected chi connectivity index (χ1v) is 3.64. The summed E-state index contributed by atoms with van der Waals surface area (Å²) in [5.74, 6) is 0. The standard InChI is InChI=1S/C6H13N3/c1-2-9-6-4-7-3-5(6)8-1/h5-9H,1-4H2. The van der Waals surface area contributed by atoms with E-state index in [4.69, 9.17) is 0 Å². The van der Waals surface area contributed by atoms with E-state index in [0.717, 1.165) is 26.2 Å². The molecule has 0 amide bonds. The highest BCUT2D eigenvalue weighted by Gasteiger charge is 2.27. The minimum Gasteiger partial charge on any atom is -0.314 e. The molecule has 2 saturated heterocycles. The van der Waals surface area contributed by atoms with Crippen LogP contribution >= 0.6 is 0 Å². The molecule has 0 spiro atoms. The molecule has 0 aromatic carbocycles. The summed E-state index contributed by atoms with van der Waals surface area (Å²) in [6.45, 7) is 4.53. The van der Waals surface area contributed by atoms with Gasteiger partial charge in [-0.2, -0.15) is 0 Å². The van der Waals surface area contributed by atoms with Gasteiger partial charge in [0, 0.05) is 38.3 Å². The van der Waals surface area contributed by atoms with Crippen LogP contribution in [0.5, 0.6) is 0 Å². The molecule has 2 atom stereocenters. The highest BCUT2D eigenvalue weighted by molar-refractivity contribution is 4.94. The van der Waals surface area contributed by atoms with Crippen LogP contribution in [0.3, 0.4) is 0 Å². The summed E-state index contributed by atoms with van der Waals surface area (Å²) in [6.07, 6.45) is 0. The third kappa shape index (κ3) is 0.956. The fourth-order valence-corrected chi connectivity index (χ4v) is 1.62. The van der Waals surface area contributed by atoms with Crippen molar-refractivity contribution in [1.82, 2.24) is 16.0 Å². The Morgan fingerprint density at radius 1 is 0.889 bits per heavy atom. The second kappa shape index (κ2) is 2.25. The van der Waals surface area contributed by atoms with Gasteiger partial charge in [0.15, 0.2) is 0 Å². The van der Waals surface area contributed by atoms with E-state index in [-0.39, 0.29) is 0 Å². The normalized spacial score (nSPS) is 42.7. The molecule has 2 unspecified atom stereocenters. The van der Waals surface area contributed by atoms with Gasteiger partial charge in [0.25, 0.3) is 0 Å². The predicted molar refractivity (Wildman–Crippen MR) is 36.5 cm³/mol. The van der Waals surface area contributed by atoms with Crippen LogP contribution in [-0.4, -0.2) is 38.3 Å². The number of hydrogen-bond donors (Lipinski definition) is 3. The van der Waals surface area contributed by atoms with Crippen molar-refractivity contribution in [3.63, 3.8) is 0 Å². The molecule has 0 aromatic rings. The summed E-state index contributed by atoms with van der Waals surface area (Å²) in [7, 11) is 0. The number of nitrogens with one attached hydrogen (secondary N) is 3. The second-order valence-corrected chi connectivity index (χ2v) is 2.78. The lowest BCUT2D eigenvalue weighted by Crippen LogP contribution is -2.55. The summed E-state index contributed by atoms with van der Waals surface area (Å²) in [4.78, 5) is 0. The first-order valence-electron chi connectivity index (χ1n) is 3.64. The molecular weight excluding hydrogens is 114 g/mol. The number of hydrogen-bond acceptors (Lipinski definition) is 3. The van der Waals surface area contributed by atoms with Crippen molar-refractivity contribution >= 4 is 0 Å². The van der Waals surface area contributed by atoms with E-state index in [9.17, 15) is 0 Å². The minimum absolute atomic E-state index is 0.693. The molecule has 3 nitrogen and oxygen atoms in total. The zero-order valence-corrected chi connectivity index (χ0v) is 5.48. The Kier molecular flexibility index (Phi) is 1.41. The molecule has 2 aliphatic heterocycles. The summed E-state index contributed by atoms with van der Waals surface area (Å²) in [6, 6.07) is 1.39. The molecule has 3 heteroatoms. The van der Waals surface area contributed by atoms with E-state index in [1.165, 1.54) is 0 Å². The minimum atomic E-state index is 0.693. The Balaban J connectivity index is 1.97. The van der Waals surface area contributed by atoms with Gasteiger partial charge in [0.05, 0.1) is 0 Å². The van der Waals surface area contributed by atoms with Gasteiger partial charge in [-0.1, -0.05) is 0 Å². The van der Waals surface area contributed by atoms with E-state index >= 15 is 0 Å². The van der Waals surface area contributed by atoms with Gasteiger partial charge >= 0.3 is 0 Å². The van der Waals surface area contributed by atoms with Crippen LogP contribution in [0.1, 0.15) is 0 Å². The van der Waals surface area contributed by atoms with Gasteiger partial charge < -0.3 is 16.0 Å². The lowest BCUT2D eigenvalue weighted by molar-refractivity contribution is 0.377. The van der Waals surface area contributed by atoms with E-state index in [2.05, 4.69) is 16.0 Å². The molecule has 9 heavy (non-hydrogen) atoms. The van der Waals surface area contributed by atoms with Crippen molar-refractivity contribution < 1.29 is 0 Å². The topological polar surface area (TPSA) is 36.1 Å². The highest BCUT2D eigenvalue weighted by atomic mass is 15.2. The van der Waals surface area contributed by atoms with Crippen LogP contribution in [0, 0.1) is 0 Å². The van der Waals surface area contributed by atoms with E-state index in [0.29, 0.717) is 12.1 Å². The molecule has 0 saturated carbocycles. The quantitative estimate of drug-likeness (QED) is 0.371. The van der Waals surface area contributed by atoms with Crippen molar-refractivity contribution in [3.8, 4) is 0 Å². The monoisotopic (exact) mass is 127 g/mol. The van der Waals surface area contributed by atoms with Gasteiger partial charge in [0.1, 0.15) is 0 Å². The van der Waals surface area contributed by atoms with Crippen LogP contribution in [0.4, 0.5) is 0 Å². The molecule has 2 fully saturated rings. The summed E-state index contributed by atoms with van der Waals surface area (Å²) < 4.78 is 0. The second-order valence-electron chi connectivity index (χ2n) is 2.78. The Hall–Kier alpha value is -0.120. The van der Waals surface area contributed by atoms with E-state index in [1.54, 1.807) is 0 Å². The van der Waals surface area contributed by atoms with Crippen molar-refractivity contribution in [2.45, 2.75) is 12.1 Å². The molecule has 52 valence electrons. The van der Waals surface area contributed by atoms with E-state index < -0.39 is 0 Å². The first kappa shape index (κ1) is 5.65. The summed E-state index contributed by atoms with van der Waals surface area (Å²) >= 11 is 0. The molecule has 0 radical (unpaired) electrons. The van der Waals surface area contributed by atoms with Gasteiger partial charge in [-0.05, 0) is 0 Å². The zero-order chi connectivity index (χ0) is 6.10. The molecule has 2 aliphatic rings. The summed E-state index contributed by atoms with van der Waals surface area (Å²) in [5, 5.41) is 10.3. The molecule has 2 heterocycles. The van der Waals surface area contributed by atoms with Crippen LogP contribution in [0.2, 0.25) is 0 Å². The Bertz CT molecular complexity index is 92.5. The maximum Gasteiger partial charge on any atom is 0.0359 e. The summed E-state index contributed by atoms with van der Waals surface area (Å²) in [5.41, 5.74) is 0. The number of fused-ring (bicyclic) bond motifs is 1. The molecular formula is C6H13N3. The molecule has 3 N–H and O–H groups in total. The van der Waals surface area contributed by atoms with Gasteiger partial charge in [-0.3, -0.25) is 0 Å². The third-order valence-electron chi connectivity index (χ3n) is 2.15. The van der Waals surface area contributed by atoms with Gasteiger partial charge in [0.2, 0.25) is 0 Å². The molecule has 0 aromatic heterocycles. The number of rotatable bonds is 0. The average molecular weight is 127 g/mol. The van der Waals surface area contributed by atoms with Crippen molar-refractivity contribution in [1.29, 1.82) is 0 Å². The first-order chi connectivity index (χ1) is 4.47. The lowest BCUT2D eigenvalue weighted by Gasteiger charge is -2.26. The molecule has 2 rings (SSSR count). The van der Waals surface area contributed by atoms with Crippen molar-refractivity contribution in [3.05, 3.63) is 0 Å². The highest BCUT2D eigenvalue weighted by Crippen LogP contribution is 2.01. The van der Waals surface area contributed by atoms with Crippen molar-refractivity contribution in [2.75, 3.05) is 26.2 Å². The zero-order valence-electron chi connectivity index (χ0n) is 5.48. The predicted octanol–water partition coefficient (Wildman–Crippen LogP) is -1.48. The maximum absolute atomic E-state index is 3.46. The fraction of sp³-hybridized carbons (Fsp3) is 1.00. The Morgan fingerprint density at radius 3 is 2.00 bits per heavy atom. The fourth-order valence-electron chi connectivity index (χ4n) is 1.62. The van der Waals surface area contributed by atoms with Crippen molar-refractivity contribution in [2.24, 2.45) is 0 Å². The largest absolute Gasteiger partial charge is 0.314 e. The van der Waals surface area contributed by atoms with Crippen LogP contribution in [0.15, 0.2) is 0 Å².